The van der Waals surface area contributed by atoms with Gasteiger partial charge in [-0.2, -0.15) is 0 Å². The number of hydrogen-bond donors (Lipinski definition) is 0. The zero-order valence-electron chi connectivity index (χ0n) is 33.7. The molecule has 0 N–H and O–H groups in total. The van der Waals surface area contributed by atoms with Crippen molar-refractivity contribution in [1.82, 2.24) is 0 Å². The zero-order valence-corrected chi connectivity index (χ0v) is 26.7. The summed E-state index contributed by atoms with van der Waals surface area (Å²) in [5.74, 6) is 0. The number of furan rings is 1. The summed E-state index contributed by atoms with van der Waals surface area (Å²) in [7, 11) is 0. The van der Waals surface area contributed by atoms with Gasteiger partial charge in [-0.3, -0.25) is 0 Å². The number of benzene rings is 9. The van der Waals surface area contributed by atoms with Gasteiger partial charge in [-0.15, -0.1) is 0 Å². The van der Waals surface area contributed by atoms with E-state index in [1.807, 2.05) is 84.9 Å². The molecule has 234 valence electrons. The second-order valence-corrected chi connectivity index (χ2v) is 12.4. The van der Waals surface area contributed by atoms with Crippen LogP contribution in [0.25, 0.3) is 76.5 Å². The summed E-state index contributed by atoms with van der Waals surface area (Å²) in [6.07, 6.45) is 0. The van der Waals surface area contributed by atoms with Crippen LogP contribution >= 0.6 is 0 Å². The summed E-state index contributed by atoms with van der Waals surface area (Å²) in [5, 5.41) is 6.24. The highest BCUT2D eigenvalue weighted by Gasteiger charge is 2.18. The number of anilines is 3. The number of fused-ring (bicyclic) bond motifs is 7. The lowest BCUT2D eigenvalue weighted by atomic mass is 9.97. The molecule has 0 unspecified atom stereocenters. The third kappa shape index (κ3) is 4.65. The molecule has 0 spiro atoms. The fourth-order valence-electron chi connectivity index (χ4n) is 7.15. The molecule has 1 heterocycles. The monoisotopic (exact) mass is 644 g/mol. The molecule has 10 rings (SSSR count). The Bertz CT molecular complexity index is 3270. The van der Waals surface area contributed by atoms with E-state index in [4.69, 9.17) is 12.6 Å². The van der Waals surface area contributed by atoms with Crippen LogP contribution in [0.2, 0.25) is 0 Å². The molecule has 0 radical (unpaired) electrons. The first-order chi connectivity index (χ1) is 27.7. The molecule has 2 nitrogen and oxygen atoms in total. The molecular weight excluding hydrogens is 607 g/mol. The Labute approximate surface area is 299 Å². The van der Waals surface area contributed by atoms with Crippen LogP contribution in [0, 0.1) is 0 Å². The van der Waals surface area contributed by atoms with Crippen LogP contribution < -0.4 is 4.90 Å². The van der Waals surface area contributed by atoms with E-state index in [-0.39, 0.29) is 28.5 Å². The highest BCUT2D eigenvalue weighted by Crippen LogP contribution is 2.43. The smallest absolute Gasteiger partial charge is 0.143 e. The van der Waals surface area contributed by atoms with Crippen molar-refractivity contribution in [2.75, 3.05) is 4.90 Å². The Kier molecular flexibility index (Phi) is 5.08. The van der Waals surface area contributed by atoms with Gasteiger partial charge in [-0.25, -0.2) is 0 Å². The van der Waals surface area contributed by atoms with Gasteiger partial charge in [0.25, 0.3) is 0 Å². The van der Waals surface area contributed by atoms with Gasteiger partial charge >= 0.3 is 0 Å². The molecule has 0 saturated carbocycles. The fraction of sp³-hybridized carbons (Fsp3) is 0. The largest absolute Gasteiger partial charge is 0.455 e. The number of rotatable bonds is 5. The summed E-state index contributed by atoms with van der Waals surface area (Å²) in [4.78, 5) is 1.77. The van der Waals surface area contributed by atoms with Gasteiger partial charge in [0, 0.05) is 32.9 Å². The standard InChI is InChI=1S/C48H31NO/c1-2-13-36-30-38(23-22-32(36)10-1)37-15-7-16-40(31-37)49(45-20-8-14-33-11-3-5-17-41(33)45)39-27-24-35(25-28-39)42-19-9-21-46-47(42)44-29-26-34-12-4-6-18-43(34)48(44)50-46/h1-31H/i3D,5D,8D,11D,14D,17D,20D. The van der Waals surface area contributed by atoms with Gasteiger partial charge in [0.2, 0.25) is 0 Å². The van der Waals surface area contributed by atoms with Crippen LogP contribution in [0.5, 0.6) is 0 Å². The third-order valence-electron chi connectivity index (χ3n) is 9.53. The van der Waals surface area contributed by atoms with Gasteiger partial charge in [-0.05, 0) is 92.3 Å². The molecule has 0 fully saturated rings. The predicted molar refractivity (Wildman–Crippen MR) is 212 cm³/mol. The molecule has 2 heteroatoms. The molecule has 50 heavy (non-hydrogen) atoms. The summed E-state index contributed by atoms with van der Waals surface area (Å²) in [6, 6.07) is 45.5. The Morgan fingerprint density at radius 1 is 0.440 bits per heavy atom. The maximum atomic E-state index is 9.32. The highest BCUT2D eigenvalue weighted by molar-refractivity contribution is 6.19. The van der Waals surface area contributed by atoms with Crippen molar-refractivity contribution >= 4 is 71.3 Å². The van der Waals surface area contributed by atoms with Crippen molar-refractivity contribution in [2.45, 2.75) is 0 Å². The van der Waals surface area contributed by atoms with Crippen LogP contribution in [0.4, 0.5) is 17.1 Å². The lowest BCUT2D eigenvalue weighted by molar-refractivity contribution is 0.673. The van der Waals surface area contributed by atoms with Crippen molar-refractivity contribution in [3.05, 3.63) is 188 Å². The molecular formula is C48H31NO. The van der Waals surface area contributed by atoms with Gasteiger partial charge in [0.1, 0.15) is 11.2 Å². The molecule has 0 aliphatic heterocycles. The second-order valence-electron chi connectivity index (χ2n) is 12.4. The molecule has 0 aliphatic carbocycles. The molecule has 9 aromatic carbocycles. The van der Waals surface area contributed by atoms with E-state index in [9.17, 15) is 1.37 Å². The van der Waals surface area contributed by atoms with Crippen molar-refractivity contribution in [1.29, 1.82) is 0 Å². The topological polar surface area (TPSA) is 16.4 Å². The van der Waals surface area contributed by atoms with Crippen LogP contribution in [-0.2, 0) is 0 Å². The summed E-state index contributed by atoms with van der Waals surface area (Å²) in [6.45, 7) is 0. The summed E-state index contributed by atoms with van der Waals surface area (Å²) >= 11 is 0. The molecule has 0 atom stereocenters. The normalized spacial score (nSPS) is 13.6. The van der Waals surface area contributed by atoms with E-state index in [0.29, 0.717) is 11.4 Å². The van der Waals surface area contributed by atoms with E-state index < -0.39 is 30.2 Å². The summed E-state index contributed by atoms with van der Waals surface area (Å²) < 4.78 is 68.3. The first-order valence-corrected chi connectivity index (χ1v) is 16.5. The molecule has 0 saturated heterocycles. The Hall–Kier alpha value is -6.64. The van der Waals surface area contributed by atoms with Crippen molar-refractivity contribution in [2.24, 2.45) is 0 Å². The third-order valence-corrected chi connectivity index (χ3v) is 9.53. The second kappa shape index (κ2) is 11.5. The first kappa shape index (κ1) is 22.1. The van der Waals surface area contributed by atoms with Gasteiger partial charge in [0.05, 0.1) is 15.3 Å². The van der Waals surface area contributed by atoms with E-state index >= 15 is 0 Å². The van der Waals surface area contributed by atoms with Crippen LogP contribution in [0.1, 0.15) is 9.60 Å². The molecule has 0 amide bonds. The van der Waals surface area contributed by atoms with E-state index in [2.05, 4.69) is 60.7 Å². The number of nitrogens with zero attached hydrogens (tertiary/aromatic N) is 1. The quantitative estimate of drug-likeness (QED) is 0.185. The van der Waals surface area contributed by atoms with E-state index in [1.165, 1.54) is 0 Å². The van der Waals surface area contributed by atoms with Gasteiger partial charge in [-0.1, -0.05) is 139 Å². The lowest BCUT2D eigenvalue weighted by Crippen LogP contribution is -2.10. The minimum Gasteiger partial charge on any atom is -0.455 e. The van der Waals surface area contributed by atoms with E-state index in [1.54, 1.807) is 4.90 Å². The van der Waals surface area contributed by atoms with Crippen LogP contribution in [0.3, 0.4) is 0 Å². The van der Waals surface area contributed by atoms with E-state index in [0.717, 1.165) is 65.7 Å². The summed E-state index contributed by atoms with van der Waals surface area (Å²) in [5.41, 5.74) is 6.67. The Morgan fingerprint density at radius 2 is 1.18 bits per heavy atom. The SMILES string of the molecule is [2H]c1c([2H])c([2H])c2c(N(c3ccc(-c4cccc5oc6c7ccccc7ccc6c45)cc3)c3cccc(-c4ccc5ccccc5c4)c3)c([2H])c([2H])c([2H])c2c1[2H]. The van der Waals surface area contributed by atoms with Crippen LogP contribution in [0.15, 0.2) is 192 Å². The maximum Gasteiger partial charge on any atom is 0.143 e. The zero-order chi connectivity index (χ0) is 39.1. The molecule has 0 bridgehead atoms. The van der Waals surface area contributed by atoms with Crippen LogP contribution in [-0.4, -0.2) is 0 Å². The van der Waals surface area contributed by atoms with Crippen molar-refractivity contribution in [3.8, 4) is 22.3 Å². The average Bonchev–Trinajstić information content (AvgIpc) is 3.65. The molecule has 1 aromatic heterocycles. The highest BCUT2D eigenvalue weighted by atomic mass is 16.3. The predicted octanol–water partition coefficient (Wildman–Crippen LogP) is 13.8. The van der Waals surface area contributed by atoms with Crippen molar-refractivity contribution in [3.63, 3.8) is 0 Å². The minimum absolute atomic E-state index is 0.00838. The lowest BCUT2D eigenvalue weighted by Gasteiger charge is -2.27. The Morgan fingerprint density at radius 3 is 2.10 bits per heavy atom. The maximum absolute atomic E-state index is 9.32. The molecule has 10 aromatic rings. The first-order valence-electron chi connectivity index (χ1n) is 20.0. The van der Waals surface area contributed by atoms with Gasteiger partial charge in [0.15, 0.2) is 0 Å². The number of hydrogen-bond acceptors (Lipinski definition) is 2. The fourth-order valence-corrected chi connectivity index (χ4v) is 7.15. The Balaban J connectivity index is 1.20. The average molecular weight is 645 g/mol. The minimum atomic E-state index is -0.493. The van der Waals surface area contributed by atoms with Gasteiger partial charge < -0.3 is 9.32 Å². The van der Waals surface area contributed by atoms with Crippen molar-refractivity contribution < 1.29 is 14.0 Å². The molecule has 0 aliphatic rings.